The van der Waals surface area contributed by atoms with Crippen molar-refractivity contribution in [2.24, 2.45) is 0 Å². The van der Waals surface area contributed by atoms with Gasteiger partial charge in [0.25, 0.3) is 5.91 Å². The predicted octanol–water partition coefficient (Wildman–Crippen LogP) is 3.25. The van der Waals surface area contributed by atoms with Crippen LogP contribution in [0.5, 0.6) is 0 Å². The first-order valence-corrected chi connectivity index (χ1v) is 7.73. The lowest BCUT2D eigenvalue weighted by atomic mass is 9.93. The quantitative estimate of drug-likeness (QED) is 0.922. The summed E-state index contributed by atoms with van der Waals surface area (Å²) in [5.41, 5.74) is 1.78. The molecule has 1 saturated heterocycles. The summed E-state index contributed by atoms with van der Waals surface area (Å²) in [6.45, 7) is 5.69. The molecule has 3 nitrogen and oxygen atoms in total. The standard InChI is InChI=1S/C19H22N2O/c1-19(2)14-20-17(15-9-5-3-6-10-15)13-21(19)18(22)16-11-7-4-8-12-16/h3-12,17,20H,13-14H2,1-2H3. The Labute approximate surface area is 132 Å². The van der Waals surface area contributed by atoms with Gasteiger partial charge in [-0.25, -0.2) is 0 Å². The number of piperazine rings is 1. The number of carbonyl (C=O) groups is 1. The molecular formula is C19H22N2O. The Morgan fingerprint density at radius 2 is 1.64 bits per heavy atom. The highest BCUT2D eigenvalue weighted by Gasteiger charge is 2.37. The molecule has 0 spiro atoms. The van der Waals surface area contributed by atoms with Gasteiger partial charge in [0, 0.05) is 24.7 Å². The number of benzene rings is 2. The van der Waals surface area contributed by atoms with Gasteiger partial charge in [0.05, 0.1) is 5.54 Å². The molecule has 22 heavy (non-hydrogen) atoms. The number of amides is 1. The van der Waals surface area contributed by atoms with Crippen LogP contribution in [-0.4, -0.2) is 29.4 Å². The number of carbonyl (C=O) groups excluding carboxylic acids is 1. The average Bonchev–Trinajstić information content (AvgIpc) is 2.56. The molecule has 1 atom stereocenters. The van der Waals surface area contributed by atoms with Crippen molar-refractivity contribution in [3.63, 3.8) is 0 Å². The van der Waals surface area contributed by atoms with Crippen LogP contribution in [0.2, 0.25) is 0 Å². The summed E-state index contributed by atoms with van der Waals surface area (Å²) in [6.07, 6.45) is 0. The van der Waals surface area contributed by atoms with Gasteiger partial charge in [-0.15, -0.1) is 0 Å². The van der Waals surface area contributed by atoms with Crippen molar-refractivity contribution in [1.29, 1.82) is 0 Å². The van der Waals surface area contributed by atoms with Crippen LogP contribution < -0.4 is 5.32 Å². The van der Waals surface area contributed by atoms with Crippen molar-refractivity contribution in [3.8, 4) is 0 Å². The second-order valence-corrected chi connectivity index (χ2v) is 6.44. The fraction of sp³-hybridized carbons (Fsp3) is 0.316. The first-order chi connectivity index (χ1) is 10.6. The molecule has 1 fully saturated rings. The van der Waals surface area contributed by atoms with E-state index in [1.54, 1.807) is 0 Å². The van der Waals surface area contributed by atoms with Gasteiger partial charge >= 0.3 is 0 Å². The van der Waals surface area contributed by atoms with E-state index in [9.17, 15) is 4.79 Å². The van der Waals surface area contributed by atoms with Crippen molar-refractivity contribution < 1.29 is 4.79 Å². The average molecular weight is 294 g/mol. The van der Waals surface area contributed by atoms with Crippen LogP contribution in [0.1, 0.15) is 35.8 Å². The highest BCUT2D eigenvalue weighted by Crippen LogP contribution is 2.27. The van der Waals surface area contributed by atoms with E-state index in [1.165, 1.54) is 5.56 Å². The molecule has 0 aromatic heterocycles. The molecule has 2 aromatic carbocycles. The van der Waals surface area contributed by atoms with Crippen LogP contribution in [0, 0.1) is 0 Å². The fourth-order valence-electron chi connectivity index (χ4n) is 2.97. The van der Waals surface area contributed by atoms with Gasteiger partial charge in [-0.2, -0.15) is 0 Å². The van der Waals surface area contributed by atoms with Crippen LogP contribution in [0.25, 0.3) is 0 Å². The largest absolute Gasteiger partial charge is 0.330 e. The minimum Gasteiger partial charge on any atom is -0.330 e. The number of hydrogen-bond donors (Lipinski definition) is 1. The number of nitrogens with zero attached hydrogens (tertiary/aromatic N) is 1. The second kappa shape index (κ2) is 5.93. The lowest BCUT2D eigenvalue weighted by molar-refractivity contribution is 0.0395. The van der Waals surface area contributed by atoms with E-state index in [4.69, 9.17) is 0 Å². The summed E-state index contributed by atoms with van der Waals surface area (Å²) in [4.78, 5) is 14.9. The van der Waals surface area contributed by atoms with Gasteiger partial charge in [0.2, 0.25) is 0 Å². The molecule has 1 N–H and O–H groups in total. The molecule has 2 aromatic rings. The zero-order valence-electron chi connectivity index (χ0n) is 13.1. The Bertz CT molecular complexity index is 637. The summed E-state index contributed by atoms with van der Waals surface area (Å²) in [7, 11) is 0. The highest BCUT2D eigenvalue weighted by atomic mass is 16.2. The maximum atomic E-state index is 12.9. The van der Waals surface area contributed by atoms with Gasteiger partial charge in [-0.1, -0.05) is 48.5 Å². The van der Waals surface area contributed by atoms with Crippen molar-refractivity contribution in [1.82, 2.24) is 10.2 Å². The van der Waals surface area contributed by atoms with Crippen molar-refractivity contribution in [3.05, 3.63) is 71.8 Å². The predicted molar refractivity (Wildman–Crippen MR) is 88.7 cm³/mol. The summed E-state index contributed by atoms with van der Waals surface area (Å²) in [6, 6.07) is 20.0. The highest BCUT2D eigenvalue weighted by molar-refractivity contribution is 5.94. The minimum atomic E-state index is -0.196. The Kier molecular flexibility index (Phi) is 3.99. The molecular weight excluding hydrogens is 272 g/mol. The van der Waals surface area contributed by atoms with Crippen LogP contribution >= 0.6 is 0 Å². The Morgan fingerprint density at radius 3 is 2.27 bits per heavy atom. The maximum Gasteiger partial charge on any atom is 0.254 e. The molecule has 1 aliphatic rings. The molecule has 0 saturated carbocycles. The minimum absolute atomic E-state index is 0.105. The summed E-state index contributed by atoms with van der Waals surface area (Å²) < 4.78 is 0. The summed E-state index contributed by atoms with van der Waals surface area (Å²) in [5, 5.41) is 3.57. The van der Waals surface area contributed by atoms with Crippen molar-refractivity contribution in [2.75, 3.05) is 13.1 Å². The third-order valence-electron chi connectivity index (χ3n) is 4.34. The van der Waals surface area contributed by atoms with Gasteiger partial charge in [0.1, 0.15) is 0 Å². The van der Waals surface area contributed by atoms with Crippen molar-refractivity contribution >= 4 is 5.91 Å². The third-order valence-corrected chi connectivity index (χ3v) is 4.34. The fourth-order valence-corrected chi connectivity index (χ4v) is 2.97. The van der Waals surface area contributed by atoms with Crippen LogP contribution in [0.3, 0.4) is 0 Å². The van der Waals surface area contributed by atoms with Gasteiger partial charge in [-0.3, -0.25) is 4.79 Å². The van der Waals surface area contributed by atoms with E-state index in [2.05, 4.69) is 31.3 Å². The maximum absolute atomic E-state index is 12.9. The van der Waals surface area contributed by atoms with Crippen LogP contribution in [0.15, 0.2) is 60.7 Å². The number of rotatable bonds is 2. The molecule has 1 amide bonds. The molecule has 0 aliphatic carbocycles. The van der Waals surface area contributed by atoms with Crippen LogP contribution in [-0.2, 0) is 0 Å². The number of nitrogens with one attached hydrogen (secondary N) is 1. The Balaban J connectivity index is 1.86. The monoisotopic (exact) mass is 294 g/mol. The smallest absolute Gasteiger partial charge is 0.254 e. The van der Waals surface area contributed by atoms with Gasteiger partial charge in [-0.05, 0) is 31.5 Å². The third kappa shape index (κ3) is 2.90. The van der Waals surface area contributed by atoms with Crippen molar-refractivity contribution in [2.45, 2.75) is 25.4 Å². The first kappa shape index (κ1) is 14.8. The molecule has 114 valence electrons. The molecule has 1 aliphatic heterocycles. The molecule has 0 radical (unpaired) electrons. The van der Waals surface area contributed by atoms with E-state index >= 15 is 0 Å². The topological polar surface area (TPSA) is 32.3 Å². The van der Waals surface area contributed by atoms with E-state index < -0.39 is 0 Å². The lowest BCUT2D eigenvalue weighted by Crippen LogP contribution is -2.60. The SMILES string of the molecule is CC1(C)CNC(c2ccccc2)CN1C(=O)c1ccccc1. The normalized spacial score (nSPS) is 20.6. The number of hydrogen-bond acceptors (Lipinski definition) is 2. The summed E-state index contributed by atoms with van der Waals surface area (Å²) in [5.74, 6) is 0.105. The summed E-state index contributed by atoms with van der Waals surface area (Å²) >= 11 is 0. The Hall–Kier alpha value is -2.13. The molecule has 0 bridgehead atoms. The lowest BCUT2D eigenvalue weighted by Gasteiger charge is -2.46. The van der Waals surface area contributed by atoms with Gasteiger partial charge in [0.15, 0.2) is 0 Å². The van der Waals surface area contributed by atoms with E-state index in [1.807, 2.05) is 53.4 Å². The van der Waals surface area contributed by atoms with E-state index in [-0.39, 0.29) is 17.5 Å². The zero-order valence-corrected chi connectivity index (χ0v) is 13.1. The molecule has 3 heteroatoms. The van der Waals surface area contributed by atoms with Crippen LogP contribution in [0.4, 0.5) is 0 Å². The van der Waals surface area contributed by atoms with Gasteiger partial charge < -0.3 is 10.2 Å². The molecule has 1 unspecified atom stereocenters. The van der Waals surface area contributed by atoms with E-state index in [0.717, 1.165) is 12.1 Å². The molecule has 1 heterocycles. The van der Waals surface area contributed by atoms with E-state index in [0.29, 0.717) is 6.54 Å². The Morgan fingerprint density at radius 1 is 1.05 bits per heavy atom. The first-order valence-electron chi connectivity index (χ1n) is 7.73. The second-order valence-electron chi connectivity index (χ2n) is 6.44. The zero-order chi connectivity index (χ0) is 15.6. The molecule has 3 rings (SSSR count).